The average Bonchev–Trinajstić information content (AvgIpc) is 3.25. The van der Waals surface area contributed by atoms with Gasteiger partial charge in [0.1, 0.15) is 0 Å². The summed E-state index contributed by atoms with van der Waals surface area (Å²) in [5, 5.41) is 18.1. The molecule has 24 heavy (non-hydrogen) atoms. The van der Waals surface area contributed by atoms with Gasteiger partial charge in [0.05, 0.1) is 30.8 Å². The summed E-state index contributed by atoms with van der Waals surface area (Å²) in [4.78, 5) is 12.0. The van der Waals surface area contributed by atoms with Gasteiger partial charge in [-0.1, -0.05) is 36.6 Å². The SMILES string of the molecule is O=C(CC(O)c1ccc(Cl)cc1)NCc1ccn(C2CCCC2)n1. The number of nitrogens with one attached hydrogen (secondary N) is 1. The molecule has 0 spiro atoms. The van der Waals surface area contributed by atoms with Crippen LogP contribution in [0.5, 0.6) is 0 Å². The lowest BCUT2D eigenvalue weighted by molar-refractivity contribution is -0.123. The Labute approximate surface area is 146 Å². The monoisotopic (exact) mass is 347 g/mol. The highest BCUT2D eigenvalue weighted by Crippen LogP contribution is 2.28. The normalized spacial score (nSPS) is 16.2. The van der Waals surface area contributed by atoms with Crippen LogP contribution in [-0.2, 0) is 11.3 Å². The second-order valence-corrected chi connectivity index (χ2v) is 6.71. The first kappa shape index (κ1) is 17.0. The number of aliphatic hydroxyl groups is 1. The zero-order valence-corrected chi connectivity index (χ0v) is 14.2. The standard InChI is InChI=1S/C18H22ClN3O2/c19-14-7-5-13(6-8-14)17(23)11-18(24)20-12-15-9-10-22(21-15)16-3-1-2-4-16/h5-10,16-17,23H,1-4,11-12H2,(H,20,24). The molecule has 1 unspecified atom stereocenters. The molecule has 1 atom stereocenters. The molecule has 1 aromatic carbocycles. The fraction of sp³-hybridized carbons (Fsp3) is 0.444. The number of aromatic nitrogens is 2. The molecule has 0 saturated heterocycles. The largest absolute Gasteiger partial charge is 0.388 e. The first-order valence-electron chi connectivity index (χ1n) is 8.36. The van der Waals surface area contributed by atoms with Crippen molar-refractivity contribution < 1.29 is 9.90 Å². The summed E-state index contributed by atoms with van der Waals surface area (Å²) in [6.45, 7) is 0.381. The van der Waals surface area contributed by atoms with E-state index in [9.17, 15) is 9.90 Å². The number of carbonyl (C=O) groups excluding carboxylic acids is 1. The van der Waals surface area contributed by atoms with E-state index in [2.05, 4.69) is 10.4 Å². The first-order chi connectivity index (χ1) is 11.6. The van der Waals surface area contributed by atoms with Gasteiger partial charge in [0.25, 0.3) is 0 Å². The maximum Gasteiger partial charge on any atom is 0.223 e. The summed E-state index contributed by atoms with van der Waals surface area (Å²) in [6.07, 6.45) is 6.06. The summed E-state index contributed by atoms with van der Waals surface area (Å²) in [7, 11) is 0. The van der Waals surface area contributed by atoms with E-state index in [0.717, 1.165) is 5.69 Å². The number of hydrogen-bond acceptors (Lipinski definition) is 3. The molecule has 1 aromatic heterocycles. The smallest absolute Gasteiger partial charge is 0.223 e. The number of carbonyl (C=O) groups is 1. The lowest BCUT2D eigenvalue weighted by Crippen LogP contribution is -2.25. The van der Waals surface area contributed by atoms with E-state index in [1.165, 1.54) is 25.7 Å². The number of rotatable bonds is 6. The van der Waals surface area contributed by atoms with Crippen molar-refractivity contribution >= 4 is 17.5 Å². The van der Waals surface area contributed by atoms with Crippen LogP contribution in [0.1, 0.15) is 55.5 Å². The molecule has 3 rings (SSSR count). The van der Waals surface area contributed by atoms with Gasteiger partial charge in [0, 0.05) is 11.2 Å². The molecule has 1 amide bonds. The third kappa shape index (κ3) is 4.36. The third-order valence-corrected chi connectivity index (χ3v) is 4.71. The van der Waals surface area contributed by atoms with Crippen LogP contribution >= 0.6 is 11.6 Å². The van der Waals surface area contributed by atoms with Gasteiger partial charge in [0.2, 0.25) is 5.91 Å². The summed E-state index contributed by atoms with van der Waals surface area (Å²) >= 11 is 5.82. The zero-order valence-electron chi connectivity index (χ0n) is 13.5. The topological polar surface area (TPSA) is 67.2 Å². The minimum atomic E-state index is -0.835. The molecule has 1 aliphatic rings. The van der Waals surface area contributed by atoms with E-state index >= 15 is 0 Å². The van der Waals surface area contributed by atoms with E-state index in [1.54, 1.807) is 24.3 Å². The van der Waals surface area contributed by atoms with Crippen LogP contribution in [0.3, 0.4) is 0 Å². The van der Waals surface area contributed by atoms with Crippen LogP contribution in [0, 0.1) is 0 Å². The molecule has 1 saturated carbocycles. The Kier molecular flexibility index (Phi) is 5.53. The van der Waals surface area contributed by atoms with Gasteiger partial charge in [-0.25, -0.2) is 0 Å². The Morgan fingerprint density at radius 3 is 2.71 bits per heavy atom. The van der Waals surface area contributed by atoms with Crippen molar-refractivity contribution in [2.75, 3.05) is 0 Å². The Bertz CT molecular complexity index is 678. The van der Waals surface area contributed by atoms with Gasteiger partial charge < -0.3 is 10.4 Å². The fourth-order valence-electron chi connectivity index (χ4n) is 3.08. The van der Waals surface area contributed by atoms with Gasteiger partial charge in [-0.2, -0.15) is 5.10 Å². The Hall–Kier alpha value is -1.85. The Morgan fingerprint density at radius 2 is 2.00 bits per heavy atom. The predicted octanol–water partition coefficient (Wildman–Crippen LogP) is 3.39. The fourth-order valence-corrected chi connectivity index (χ4v) is 3.21. The van der Waals surface area contributed by atoms with Gasteiger partial charge in [0.15, 0.2) is 0 Å². The summed E-state index contributed by atoms with van der Waals surface area (Å²) < 4.78 is 2.01. The van der Waals surface area contributed by atoms with Crippen LogP contribution in [0.15, 0.2) is 36.5 Å². The zero-order chi connectivity index (χ0) is 16.9. The van der Waals surface area contributed by atoms with Crippen molar-refractivity contribution in [2.45, 2.75) is 50.8 Å². The predicted molar refractivity (Wildman–Crippen MR) is 92.6 cm³/mol. The molecule has 1 heterocycles. The van der Waals surface area contributed by atoms with Crippen molar-refractivity contribution in [2.24, 2.45) is 0 Å². The highest BCUT2D eigenvalue weighted by atomic mass is 35.5. The van der Waals surface area contributed by atoms with Crippen molar-refractivity contribution in [1.29, 1.82) is 0 Å². The van der Waals surface area contributed by atoms with Crippen molar-refractivity contribution in [3.63, 3.8) is 0 Å². The lowest BCUT2D eigenvalue weighted by Gasteiger charge is -2.11. The Balaban J connectivity index is 1.47. The van der Waals surface area contributed by atoms with E-state index in [4.69, 9.17) is 11.6 Å². The van der Waals surface area contributed by atoms with E-state index < -0.39 is 6.10 Å². The highest BCUT2D eigenvalue weighted by molar-refractivity contribution is 6.30. The van der Waals surface area contributed by atoms with Gasteiger partial charge in [-0.15, -0.1) is 0 Å². The van der Waals surface area contributed by atoms with Crippen molar-refractivity contribution in [3.8, 4) is 0 Å². The molecule has 128 valence electrons. The number of hydrogen-bond donors (Lipinski definition) is 2. The molecule has 2 N–H and O–H groups in total. The van der Waals surface area contributed by atoms with E-state index in [-0.39, 0.29) is 12.3 Å². The minimum Gasteiger partial charge on any atom is -0.388 e. The third-order valence-electron chi connectivity index (χ3n) is 4.46. The number of nitrogens with zero attached hydrogens (tertiary/aromatic N) is 2. The maximum absolute atomic E-state index is 12.0. The number of amides is 1. The maximum atomic E-state index is 12.0. The van der Waals surface area contributed by atoms with Gasteiger partial charge in [-0.3, -0.25) is 9.48 Å². The van der Waals surface area contributed by atoms with Gasteiger partial charge >= 0.3 is 0 Å². The molecular formula is C18H22ClN3O2. The molecule has 1 aliphatic carbocycles. The van der Waals surface area contributed by atoms with Crippen LogP contribution in [0.4, 0.5) is 0 Å². The van der Waals surface area contributed by atoms with Crippen molar-refractivity contribution in [3.05, 3.63) is 52.8 Å². The summed E-state index contributed by atoms with van der Waals surface area (Å²) in [5.74, 6) is -0.201. The first-order valence-corrected chi connectivity index (χ1v) is 8.74. The Morgan fingerprint density at radius 1 is 1.29 bits per heavy atom. The molecular weight excluding hydrogens is 326 g/mol. The number of benzene rings is 1. The molecule has 1 fully saturated rings. The van der Waals surface area contributed by atoms with Crippen LogP contribution < -0.4 is 5.32 Å². The van der Waals surface area contributed by atoms with Crippen molar-refractivity contribution in [1.82, 2.24) is 15.1 Å². The number of halogens is 1. The second kappa shape index (κ2) is 7.81. The van der Waals surface area contributed by atoms with Crippen LogP contribution in [0.25, 0.3) is 0 Å². The number of aliphatic hydroxyl groups excluding tert-OH is 1. The van der Waals surface area contributed by atoms with E-state index in [0.29, 0.717) is 23.2 Å². The molecule has 5 nitrogen and oxygen atoms in total. The van der Waals surface area contributed by atoms with Crippen LogP contribution in [-0.4, -0.2) is 20.8 Å². The second-order valence-electron chi connectivity index (χ2n) is 6.27. The minimum absolute atomic E-state index is 0.0188. The van der Waals surface area contributed by atoms with Crippen LogP contribution in [0.2, 0.25) is 5.02 Å². The molecule has 0 radical (unpaired) electrons. The molecule has 0 bridgehead atoms. The molecule has 0 aliphatic heterocycles. The summed E-state index contributed by atoms with van der Waals surface area (Å²) in [5.41, 5.74) is 1.52. The summed E-state index contributed by atoms with van der Waals surface area (Å²) in [6, 6.07) is 9.30. The van der Waals surface area contributed by atoms with Gasteiger partial charge in [-0.05, 0) is 36.6 Å². The molecule has 6 heteroatoms. The van der Waals surface area contributed by atoms with E-state index in [1.807, 2.05) is 16.9 Å². The highest BCUT2D eigenvalue weighted by Gasteiger charge is 2.18. The average molecular weight is 348 g/mol. The molecule has 2 aromatic rings. The lowest BCUT2D eigenvalue weighted by atomic mass is 10.1. The quantitative estimate of drug-likeness (QED) is 0.841.